The largest absolute Gasteiger partial charge is 0.423 e. The zero-order valence-electron chi connectivity index (χ0n) is 14.6. The fourth-order valence-electron chi connectivity index (χ4n) is 4.37. The second-order valence-corrected chi connectivity index (χ2v) is 7.24. The van der Waals surface area contributed by atoms with Crippen molar-refractivity contribution in [1.82, 2.24) is 9.88 Å². The fraction of sp³-hybridized carbons (Fsp3) is 0.579. The molecule has 0 saturated carbocycles. The van der Waals surface area contributed by atoms with E-state index in [0.29, 0.717) is 18.0 Å². The van der Waals surface area contributed by atoms with Gasteiger partial charge in [0.05, 0.1) is 0 Å². The maximum absolute atomic E-state index is 11.9. The Hall–Kier alpha value is -2.24. The van der Waals surface area contributed by atoms with Crippen molar-refractivity contribution in [1.29, 1.82) is 0 Å². The molecule has 2 N–H and O–H groups in total. The first-order valence-electron chi connectivity index (χ1n) is 9.39. The van der Waals surface area contributed by atoms with Crippen LogP contribution in [0.5, 0.6) is 0 Å². The molecule has 2 aliphatic heterocycles. The molecule has 0 bridgehead atoms. The van der Waals surface area contributed by atoms with Crippen molar-refractivity contribution < 1.29 is 9.21 Å². The van der Waals surface area contributed by atoms with E-state index in [0.717, 1.165) is 56.4 Å². The summed E-state index contributed by atoms with van der Waals surface area (Å²) in [6.07, 6.45) is 6.64. The summed E-state index contributed by atoms with van der Waals surface area (Å²) in [6.45, 7) is 2.65. The minimum Gasteiger partial charge on any atom is -0.423 e. The molecule has 134 valence electrons. The lowest BCUT2D eigenvalue weighted by Gasteiger charge is -2.39. The molecule has 2 amide bonds. The van der Waals surface area contributed by atoms with E-state index in [2.05, 4.69) is 9.88 Å². The molecule has 3 heterocycles. The Kier molecular flexibility index (Phi) is 4.51. The minimum absolute atomic E-state index is 0.256. The third-order valence-corrected chi connectivity index (χ3v) is 5.72. The van der Waals surface area contributed by atoms with E-state index in [4.69, 9.17) is 10.2 Å². The van der Waals surface area contributed by atoms with E-state index in [1.165, 1.54) is 12.8 Å². The molecule has 0 radical (unpaired) electrons. The SMILES string of the molecule is NC(=O)N1CCCCCC1C1CCN(c2nc3ccccc3o2)CC1. The van der Waals surface area contributed by atoms with E-state index < -0.39 is 0 Å². The molecule has 2 fully saturated rings. The number of nitrogens with zero attached hydrogens (tertiary/aromatic N) is 3. The minimum atomic E-state index is -0.256. The summed E-state index contributed by atoms with van der Waals surface area (Å²) < 4.78 is 5.90. The third-order valence-electron chi connectivity index (χ3n) is 5.72. The molecule has 6 heteroatoms. The average molecular weight is 342 g/mol. The maximum atomic E-state index is 11.9. The summed E-state index contributed by atoms with van der Waals surface area (Å²) in [7, 11) is 0. The molecule has 1 aromatic carbocycles. The fourth-order valence-corrected chi connectivity index (χ4v) is 4.37. The Balaban J connectivity index is 1.44. The number of rotatable bonds is 2. The Morgan fingerprint density at radius 1 is 1.08 bits per heavy atom. The predicted molar refractivity (Wildman–Crippen MR) is 97.5 cm³/mol. The van der Waals surface area contributed by atoms with E-state index in [-0.39, 0.29) is 6.03 Å². The Morgan fingerprint density at radius 3 is 2.64 bits per heavy atom. The van der Waals surface area contributed by atoms with Crippen molar-refractivity contribution in [3.05, 3.63) is 24.3 Å². The normalized spacial score (nSPS) is 23.0. The van der Waals surface area contributed by atoms with Gasteiger partial charge in [0, 0.05) is 25.7 Å². The van der Waals surface area contributed by atoms with Crippen LogP contribution < -0.4 is 10.6 Å². The Bertz CT molecular complexity index is 703. The van der Waals surface area contributed by atoms with Crippen molar-refractivity contribution in [2.75, 3.05) is 24.5 Å². The summed E-state index contributed by atoms with van der Waals surface area (Å²) in [6, 6.07) is 8.63. The van der Waals surface area contributed by atoms with Crippen molar-refractivity contribution >= 4 is 23.1 Å². The van der Waals surface area contributed by atoms with Gasteiger partial charge < -0.3 is 20.0 Å². The number of amides is 2. The molecular formula is C19H26N4O2. The number of urea groups is 1. The highest BCUT2D eigenvalue weighted by molar-refractivity contribution is 5.74. The molecule has 1 unspecified atom stereocenters. The van der Waals surface area contributed by atoms with Gasteiger partial charge in [-0.15, -0.1) is 0 Å². The van der Waals surface area contributed by atoms with Gasteiger partial charge in [0.1, 0.15) is 5.52 Å². The number of anilines is 1. The number of benzene rings is 1. The number of carbonyl (C=O) groups excluding carboxylic acids is 1. The maximum Gasteiger partial charge on any atom is 0.315 e. The molecule has 6 nitrogen and oxygen atoms in total. The van der Waals surface area contributed by atoms with Gasteiger partial charge in [0.15, 0.2) is 5.58 Å². The highest BCUT2D eigenvalue weighted by atomic mass is 16.4. The highest BCUT2D eigenvalue weighted by Gasteiger charge is 2.34. The van der Waals surface area contributed by atoms with Crippen LogP contribution in [0.4, 0.5) is 10.8 Å². The van der Waals surface area contributed by atoms with Crippen LogP contribution in [0.1, 0.15) is 38.5 Å². The second-order valence-electron chi connectivity index (χ2n) is 7.24. The number of carbonyl (C=O) groups is 1. The van der Waals surface area contributed by atoms with Crippen LogP contribution in [-0.2, 0) is 0 Å². The first-order valence-corrected chi connectivity index (χ1v) is 9.39. The molecule has 4 rings (SSSR count). The van der Waals surface area contributed by atoms with Crippen molar-refractivity contribution in [3.8, 4) is 0 Å². The van der Waals surface area contributed by atoms with Gasteiger partial charge in [-0.2, -0.15) is 4.98 Å². The zero-order chi connectivity index (χ0) is 17.2. The number of hydrogen-bond acceptors (Lipinski definition) is 4. The Labute approximate surface area is 148 Å². The standard InChI is InChI=1S/C19H26N4O2/c20-18(24)23-11-5-1-2-7-16(23)14-9-12-22(13-10-14)19-21-15-6-3-4-8-17(15)25-19/h3-4,6,8,14,16H,1-2,5,7,9-13H2,(H2,20,24). The quantitative estimate of drug-likeness (QED) is 0.908. The van der Waals surface area contributed by atoms with Crippen molar-refractivity contribution in [2.24, 2.45) is 11.7 Å². The molecule has 0 aliphatic carbocycles. The summed E-state index contributed by atoms with van der Waals surface area (Å²) in [5.74, 6) is 0.520. The number of hydrogen-bond donors (Lipinski definition) is 1. The summed E-state index contributed by atoms with van der Waals surface area (Å²) in [4.78, 5) is 20.6. The number of primary amides is 1. The molecule has 1 atom stereocenters. The van der Waals surface area contributed by atoms with Crippen LogP contribution in [0, 0.1) is 5.92 Å². The molecule has 1 aromatic heterocycles. The van der Waals surface area contributed by atoms with Gasteiger partial charge in [-0.25, -0.2) is 4.79 Å². The molecule has 0 spiro atoms. The van der Waals surface area contributed by atoms with E-state index in [1.807, 2.05) is 29.2 Å². The van der Waals surface area contributed by atoms with Gasteiger partial charge in [0.25, 0.3) is 6.01 Å². The lowest BCUT2D eigenvalue weighted by Crippen LogP contribution is -2.49. The number of nitrogens with two attached hydrogens (primary N) is 1. The lowest BCUT2D eigenvalue weighted by atomic mass is 9.86. The molecular weight excluding hydrogens is 316 g/mol. The van der Waals surface area contributed by atoms with Crippen LogP contribution >= 0.6 is 0 Å². The van der Waals surface area contributed by atoms with Crippen LogP contribution in [0.3, 0.4) is 0 Å². The first kappa shape index (κ1) is 16.2. The highest BCUT2D eigenvalue weighted by Crippen LogP contribution is 2.32. The molecule has 2 aromatic rings. The second kappa shape index (κ2) is 6.94. The number of para-hydroxylation sites is 2. The van der Waals surface area contributed by atoms with Gasteiger partial charge in [-0.3, -0.25) is 0 Å². The number of likely N-dealkylation sites (tertiary alicyclic amines) is 1. The van der Waals surface area contributed by atoms with E-state index in [1.54, 1.807) is 0 Å². The topological polar surface area (TPSA) is 75.6 Å². The van der Waals surface area contributed by atoms with Gasteiger partial charge >= 0.3 is 6.03 Å². The first-order chi connectivity index (χ1) is 12.2. The lowest BCUT2D eigenvalue weighted by molar-refractivity contribution is 0.143. The number of aromatic nitrogens is 1. The number of oxazole rings is 1. The van der Waals surface area contributed by atoms with Crippen LogP contribution in [-0.4, -0.2) is 41.6 Å². The van der Waals surface area contributed by atoms with Gasteiger partial charge in [-0.05, 0) is 43.7 Å². The van der Waals surface area contributed by atoms with Crippen molar-refractivity contribution in [3.63, 3.8) is 0 Å². The van der Waals surface area contributed by atoms with Crippen LogP contribution in [0.2, 0.25) is 0 Å². The Morgan fingerprint density at radius 2 is 1.88 bits per heavy atom. The average Bonchev–Trinajstić information content (AvgIpc) is 2.91. The number of piperidine rings is 1. The summed E-state index contributed by atoms with van der Waals surface area (Å²) in [5.41, 5.74) is 7.39. The van der Waals surface area contributed by atoms with Crippen molar-refractivity contribution in [2.45, 2.75) is 44.6 Å². The zero-order valence-corrected chi connectivity index (χ0v) is 14.6. The van der Waals surface area contributed by atoms with Gasteiger partial charge in [-0.1, -0.05) is 25.0 Å². The predicted octanol–water partition coefficient (Wildman–Crippen LogP) is 3.37. The van der Waals surface area contributed by atoms with Crippen LogP contribution in [0.25, 0.3) is 11.1 Å². The monoisotopic (exact) mass is 342 g/mol. The van der Waals surface area contributed by atoms with Crippen LogP contribution in [0.15, 0.2) is 28.7 Å². The van der Waals surface area contributed by atoms with E-state index in [9.17, 15) is 4.79 Å². The molecule has 2 saturated heterocycles. The summed E-state index contributed by atoms with van der Waals surface area (Å²) >= 11 is 0. The van der Waals surface area contributed by atoms with E-state index >= 15 is 0 Å². The molecule has 2 aliphatic rings. The summed E-state index contributed by atoms with van der Waals surface area (Å²) in [5, 5.41) is 0. The number of fused-ring (bicyclic) bond motifs is 1. The smallest absolute Gasteiger partial charge is 0.315 e. The van der Waals surface area contributed by atoms with Gasteiger partial charge in [0.2, 0.25) is 0 Å². The third kappa shape index (κ3) is 3.30. The molecule has 25 heavy (non-hydrogen) atoms.